The summed E-state index contributed by atoms with van der Waals surface area (Å²) in [4.78, 5) is 21.2. The fourth-order valence-corrected chi connectivity index (χ4v) is 3.81. The Labute approximate surface area is 147 Å². The number of unbranched alkanes of at least 4 members (excludes halogenated alkanes) is 1. The van der Waals surface area contributed by atoms with Gasteiger partial charge in [-0.25, -0.2) is 4.98 Å². The maximum absolute atomic E-state index is 12.6. The second-order valence-corrected chi connectivity index (χ2v) is 7.46. The Morgan fingerprint density at radius 3 is 2.70 bits per heavy atom. The first-order valence-corrected chi connectivity index (χ1v) is 9.13. The molecule has 0 aliphatic heterocycles. The van der Waals surface area contributed by atoms with E-state index in [-0.39, 0.29) is 5.91 Å². The minimum atomic E-state index is 0.150. The lowest BCUT2D eigenvalue weighted by atomic mass is 10.2. The number of fused-ring (bicyclic) bond motifs is 1. The predicted octanol–water partition coefficient (Wildman–Crippen LogP) is 4.34. The van der Waals surface area contributed by atoms with Crippen molar-refractivity contribution in [2.24, 2.45) is 0 Å². The van der Waals surface area contributed by atoms with E-state index in [2.05, 4.69) is 11.8 Å². The third-order valence-corrected chi connectivity index (χ3v) is 4.93. The minimum Gasteiger partial charge on any atom is -0.308 e. The van der Waals surface area contributed by atoms with Crippen molar-refractivity contribution < 1.29 is 4.79 Å². The number of carbonyl (C=O) groups is 1. The molecule has 1 aromatic carbocycles. The zero-order chi connectivity index (χ0) is 17.0. The standard InChI is InChI=1S/C17H24ClN3OS/c1-5-6-7-15(22)21(9-8-20(3)4)17-19-16-12(2)10-13(18)11-14(16)23-17/h10-11H,5-9H2,1-4H3. The van der Waals surface area contributed by atoms with Crippen molar-refractivity contribution >= 4 is 44.2 Å². The molecule has 2 aromatic rings. The van der Waals surface area contributed by atoms with E-state index in [0.29, 0.717) is 18.0 Å². The summed E-state index contributed by atoms with van der Waals surface area (Å²) in [6, 6.07) is 3.84. The molecule has 0 aliphatic carbocycles. The summed E-state index contributed by atoms with van der Waals surface area (Å²) in [5, 5.41) is 1.48. The molecule has 0 atom stereocenters. The number of nitrogens with zero attached hydrogens (tertiary/aromatic N) is 3. The molecule has 0 N–H and O–H groups in total. The maximum atomic E-state index is 12.6. The van der Waals surface area contributed by atoms with Crippen molar-refractivity contribution in [2.75, 3.05) is 32.1 Å². The van der Waals surface area contributed by atoms with Crippen molar-refractivity contribution in [3.8, 4) is 0 Å². The number of aryl methyl sites for hydroxylation is 1. The topological polar surface area (TPSA) is 36.4 Å². The number of amides is 1. The van der Waals surface area contributed by atoms with Gasteiger partial charge in [0, 0.05) is 24.5 Å². The van der Waals surface area contributed by atoms with E-state index in [1.807, 2.05) is 38.1 Å². The van der Waals surface area contributed by atoms with E-state index >= 15 is 0 Å². The number of halogens is 1. The van der Waals surface area contributed by atoms with E-state index in [0.717, 1.165) is 40.3 Å². The maximum Gasteiger partial charge on any atom is 0.228 e. The molecular weight excluding hydrogens is 330 g/mol. The lowest BCUT2D eigenvalue weighted by Gasteiger charge is -2.21. The number of aromatic nitrogens is 1. The lowest BCUT2D eigenvalue weighted by molar-refractivity contribution is -0.118. The Balaban J connectivity index is 2.33. The van der Waals surface area contributed by atoms with Crippen LogP contribution < -0.4 is 4.90 Å². The van der Waals surface area contributed by atoms with E-state index in [1.54, 1.807) is 0 Å². The first-order chi connectivity index (χ1) is 10.9. The van der Waals surface area contributed by atoms with Crippen LogP contribution in [-0.2, 0) is 4.79 Å². The molecule has 1 amide bonds. The van der Waals surface area contributed by atoms with Crippen LogP contribution in [0.15, 0.2) is 12.1 Å². The summed E-state index contributed by atoms with van der Waals surface area (Å²) in [6.45, 7) is 5.57. The van der Waals surface area contributed by atoms with Gasteiger partial charge in [0.25, 0.3) is 0 Å². The average molecular weight is 354 g/mol. The average Bonchev–Trinajstić information content (AvgIpc) is 2.88. The zero-order valence-electron chi connectivity index (χ0n) is 14.2. The van der Waals surface area contributed by atoms with Crippen LogP contribution in [0, 0.1) is 6.92 Å². The summed E-state index contributed by atoms with van der Waals surface area (Å²) in [5.74, 6) is 0.150. The summed E-state index contributed by atoms with van der Waals surface area (Å²) in [7, 11) is 4.02. The molecule has 6 heteroatoms. The van der Waals surface area contributed by atoms with Gasteiger partial charge in [0.1, 0.15) is 0 Å². The van der Waals surface area contributed by atoms with Crippen LogP contribution >= 0.6 is 22.9 Å². The Morgan fingerprint density at radius 2 is 2.04 bits per heavy atom. The SMILES string of the molecule is CCCCC(=O)N(CCN(C)C)c1nc2c(C)cc(Cl)cc2s1. The van der Waals surface area contributed by atoms with Gasteiger partial charge in [-0.1, -0.05) is 36.3 Å². The number of anilines is 1. The number of carbonyl (C=O) groups excluding carboxylic acids is 1. The molecule has 0 radical (unpaired) electrons. The third-order valence-electron chi connectivity index (χ3n) is 3.69. The van der Waals surface area contributed by atoms with Gasteiger partial charge in [0.15, 0.2) is 5.13 Å². The molecule has 0 spiro atoms. The largest absolute Gasteiger partial charge is 0.308 e. The van der Waals surface area contributed by atoms with Crippen LogP contribution in [0.4, 0.5) is 5.13 Å². The van der Waals surface area contributed by atoms with Crippen molar-refractivity contribution in [3.63, 3.8) is 0 Å². The molecule has 0 saturated carbocycles. The van der Waals surface area contributed by atoms with Gasteiger partial charge in [-0.05, 0) is 45.1 Å². The third kappa shape index (κ3) is 4.66. The molecule has 0 bridgehead atoms. The molecular formula is C17H24ClN3OS. The number of hydrogen-bond acceptors (Lipinski definition) is 4. The Kier molecular flexibility index (Phi) is 6.39. The first-order valence-electron chi connectivity index (χ1n) is 7.94. The van der Waals surface area contributed by atoms with Gasteiger partial charge in [-0.3, -0.25) is 9.69 Å². The lowest BCUT2D eigenvalue weighted by Crippen LogP contribution is -2.36. The molecule has 0 aliphatic rings. The van der Waals surface area contributed by atoms with Gasteiger partial charge >= 0.3 is 0 Å². The fraction of sp³-hybridized carbons (Fsp3) is 0.529. The molecule has 2 rings (SSSR count). The first kappa shape index (κ1) is 18.2. The summed E-state index contributed by atoms with van der Waals surface area (Å²) in [5.41, 5.74) is 1.98. The minimum absolute atomic E-state index is 0.150. The summed E-state index contributed by atoms with van der Waals surface area (Å²) < 4.78 is 1.03. The Bertz CT molecular complexity index is 684. The number of hydrogen-bond donors (Lipinski definition) is 0. The Morgan fingerprint density at radius 1 is 1.30 bits per heavy atom. The van der Waals surface area contributed by atoms with Crippen molar-refractivity contribution in [2.45, 2.75) is 33.1 Å². The summed E-state index contributed by atoms with van der Waals surface area (Å²) >= 11 is 7.68. The van der Waals surface area contributed by atoms with E-state index in [1.165, 1.54) is 11.3 Å². The highest BCUT2D eigenvalue weighted by atomic mass is 35.5. The number of rotatable bonds is 7. The highest BCUT2D eigenvalue weighted by Crippen LogP contribution is 2.33. The van der Waals surface area contributed by atoms with Gasteiger partial charge in [-0.2, -0.15) is 0 Å². The van der Waals surface area contributed by atoms with Gasteiger partial charge in [0.05, 0.1) is 10.2 Å². The molecule has 0 saturated heterocycles. The highest BCUT2D eigenvalue weighted by Gasteiger charge is 2.20. The van der Waals surface area contributed by atoms with Crippen LogP contribution in [0.5, 0.6) is 0 Å². The van der Waals surface area contributed by atoms with Crippen molar-refractivity contribution in [3.05, 3.63) is 22.7 Å². The molecule has 1 heterocycles. The van der Waals surface area contributed by atoms with Crippen LogP contribution in [0.1, 0.15) is 31.7 Å². The van der Waals surface area contributed by atoms with Crippen LogP contribution in [0.2, 0.25) is 5.02 Å². The smallest absolute Gasteiger partial charge is 0.228 e. The van der Waals surface area contributed by atoms with Crippen LogP contribution in [0.3, 0.4) is 0 Å². The molecule has 4 nitrogen and oxygen atoms in total. The van der Waals surface area contributed by atoms with E-state index < -0.39 is 0 Å². The monoisotopic (exact) mass is 353 g/mol. The quantitative estimate of drug-likeness (QED) is 0.742. The van der Waals surface area contributed by atoms with E-state index in [4.69, 9.17) is 16.6 Å². The molecule has 23 heavy (non-hydrogen) atoms. The molecule has 0 fully saturated rings. The van der Waals surface area contributed by atoms with Gasteiger partial charge < -0.3 is 4.90 Å². The normalized spacial score (nSPS) is 11.4. The van der Waals surface area contributed by atoms with Crippen LogP contribution in [-0.4, -0.2) is 43.0 Å². The second kappa shape index (κ2) is 8.08. The molecule has 126 valence electrons. The molecule has 0 unspecified atom stereocenters. The predicted molar refractivity (Wildman–Crippen MR) is 99.8 cm³/mol. The number of likely N-dealkylation sites (N-methyl/N-ethyl adjacent to an activating group) is 1. The van der Waals surface area contributed by atoms with Gasteiger partial charge in [0.2, 0.25) is 5.91 Å². The highest BCUT2D eigenvalue weighted by molar-refractivity contribution is 7.22. The number of benzene rings is 1. The molecule has 1 aromatic heterocycles. The van der Waals surface area contributed by atoms with E-state index in [9.17, 15) is 4.79 Å². The Hall–Kier alpha value is -1.17. The number of thiazole rings is 1. The second-order valence-electron chi connectivity index (χ2n) is 6.02. The van der Waals surface area contributed by atoms with Crippen molar-refractivity contribution in [1.82, 2.24) is 9.88 Å². The van der Waals surface area contributed by atoms with Crippen molar-refractivity contribution in [1.29, 1.82) is 0 Å². The summed E-state index contributed by atoms with van der Waals surface area (Å²) in [6.07, 6.45) is 2.49. The zero-order valence-corrected chi connectivity index (χ0v) is 15.8. The fourth-order valence-electron chi connectivity index (χ4n) is 2.35. The van der Waals surface area contributed by atoms with Gasteiger partial charge in [-0.15, -0.1) is 0 Å². The van der Waals surface area contributed by atoms with Crippen LogP contribution in [0.25, 0.3) is 10.2 Å².